The van der Waals surface area contributed by atoms with Crippen molar-refractivity contribution in [2.45, 2.75) is 0 Å². The zero-order valence-electron chi connectivity index (χ0n) is 16.7. The second-order valence-electron chi connectivity index (χ2n) is 7.36. The number of nitrogens with zero attached hydrogens (tertiary/aromatic N) is 5. The third kappa shape index (κ3) is 3.98. The molecule has 1 aliphatic rings. The second-order valence-corrected chi connectivity index (χ2v) is 7.36. The van der Waals surface area contributed by atoms with Crippen molar-refractivity contribution in [2.24, 2.45) is 0 Å². The summed E-state index contributed by atoms with van der Waals surface area (Å²) in [5, 5.41) is 22.7. The van der Waals surface area contributed by atoms with Crippen molar-refractivity contribution in [3.8, 4) is 23.0 Å². The Morgan fingerprint density at radius 3 is 2.42 bits per heavy atom. The minimum Gasteiger partial charge on any atom is -0.477 e. The summed E-state index contributed by atoms with van der Waals surface area (Å²) in [5.74, 6) is -2.45. The van der Waals surface area contributed by atoms with Gasteiger partial charge in [0.05, 0.1) is 22.6 Å². The van der Waals surface area contributed by atoms with Crippen molar-refractivity contribution in [1.29, 1.82) is 5.26 Å². The van der Waals surface area contributed by atoms with Crippen LogP contribution in [0.1, 0.15) is 16.1 Å². The number of aromatic carboxylic acids is 1. The van der Waals surface area contributed by atoms with E-state index in [0.29, 0.717) is 24.3 Å². The lowest BCUT2D eigenvalue weighted by atomic mass is 10.1. The molecule has 0 amide bonds. The van der Waals surface area contributed by atoms with Crippen molar-refractivity contribution in [3.05, 3.63) is 65.4 Å². The Balaban J connectivity index is 1.71. The Morgan fingerprint density at radius 2 is 1.81 bits per heavy atom. The van der Waals surface area contributed by atoms with Gasteiger partial charge in [-0.2, -0.15) is 10.4 Å². The number of carbonyl (C=O) groups is 1. The molecule has 0 saturated carbocycles. The number of carboxylic acid groups (broad SMARTS) is 1. The first-order chi connectivity index (χ1) is 14.9. The van der Waals surface area contributed by atoms with Crippen molar-refractivity contribution in [1.82, 2.24) is 14.7 Å². The topological polar surface area (TPSA) is 85.4 Å². The SMILES string of the molecule is CN1CCN(c2ccc(-n3nc(-c4ccc(C#N)c(F)c4)cc3C(=O)O)cc2F)CC1. The Bertz CT molecular complexity index is 1190. The van der Waals surface area contributed by atoms with Crippen LogP contribution in [0.3, 0.4) is 0 Å². The third-order valence-electron chi connectivity index (χ3n) is 5.33. The highest BCUT2D eigenvalue weighted by Crippen LogP contribution is 2.27. The number of carboxylic acids is 1. The maximum Gasteiger partial charge on any atom is 0.354 e. The van der Waals surface area contributed by atoms with E-state index in [-0.39, 0.29) is 22.6 Å². The van der Waals surface area contributed by atoms with Gasteiger partial charge in [-0.15, -0.1) is 0 Å². The number of halogens is 2. The van der Waals surface area contributed by atoms with Gasteiger partial charge in [0, 0.05) is 37.8 Å². The lowest BCUT2D eigenvalue weighted by molar-refractivity contribution is 0.0687. The normalized spacial score (nSPS) is 14.5. The van der Waals surface area contributed by atoms with Crippen LogP contribution in [-0.4, -0.2) is 59.0 Å². The van der Waals surface area contributed by atoms with Crippen molar-refractivity contribution in [3.63, 3.8) is 0 Å². The molecule has 0 unspecified atom stereocenters. The van der Waals surface area contributed by atoms with Crippen LogP contribution in [0.4, 0.5) is 14.5 Å². The molecule has 0 radical (unpaired) electrons. The van der Waals surface area contributed by atoms with E-state index in [1.807, 2.05) is 11.9 Å². The van der Waals surface area contributed by atoms with Gasteiger partial charge in [0.25, 0.3) is 0 Å². The highest BCUT2D eigenvalue weighted by molar-refractivity contribution is 5.88. The van der Waals surface area contributed by atoms with Crippen LogP contribution in [0.15, 0.2) is 42.5 Å². The van der Waals surface area contributed by atoms with Gasteiger partial charge in [-0.05, 0) is 37.4 Å². The van der Waals surface area contributed by atoms with Gasteiger partial charge in [0.2, 0.25) is 0 Å². The monoisotopic (exact) mass is 423 g/mol. The summed E-state index contributed by atoms with van der Waals surface area (Å²) in [5.41, 5.74) is 0.898. The van der Waals surface area contributed by atoms with Gasteiger partial charge >= 0.3 is 5.97 Å². The van der Waals surface area contributed by atoms with Crippen LogP contribution in [0.2, 0.25) is 0 Å². The molecule has 4 rings (SSSR count). The predicted octanol–water partition coefficient (Wildman–Crippen LogP) is 3.14. The standard InChI is InChI=1S/C22H19F2N5O2/c1-27-6-8-28(9-7-27)20-5-4-16(11-18(20)24)29-21(22(30)31)12-19(26-29)14-2-3-15(13-25)17(23)10-14/h2-5,10-12H,6-9H2,1H3,(H,30,31). The summed E-state index contributed by atoms with van der Waals surface area (Å²) >= 11 is 0. The fourth-order valence-electron chi connectivity index (χ4n) is 3.57. The Morgan fingerprint density at radius 1 is 1.06 bits per heavy atom. The van der Waals surface area contributed by atoms with Crippen LogP contribution < -0.4 is 4.90 Å². The average Bonchev–Trinajstić information content (AvgIpc) is 3.20. The van der Waals surface area contributed by atoms with E-state index in [0.717, 1.165) is 23.8 Å². The molecule has 9 heteroatoms. The Kier molecular flexibility index (Phi) is 5.40. The zero-order chi connectivity index (χ0) is 22.1. The molecular weight excluding hydrogens is 404 g/mol. The molecule has 1 saturated heterocycles. The summed E-state index contributed by atoms with van der Waals surface area (Å²) in [7, 11) is 2.01. The van der Waals surface area contributed by atoms with E-state index in [2.05, 4.69) is 10.00 Å². The molecule has 1 fully saturated rings. The molecule has 3 aromatic rings. The molecule has 2 heterocycles. The third-order valence-corrected chi connectivity index (χ3v) is 5.33. The van der Waals surface area contributed by atoms with Crippen LogP contribution in [0, 0.1) is 23.0 Å². The lowest BCUT2D eigenvalue weighted by Gasteiger charge is -2.34. The van der Waals surface area contributed by atoms with Gasteiger partial charge < -0.3 is 14.9 Å². The summed E-state index contributed by atoms with van der Waals surface area (Å²) in [6.45, 7) is 3.05. The quantitative estimate of drug-likeness (QED) is 0.694. The maximum absolute atomic E-state index is 14.9. The average molecular weight is 423 g/mol. The molecule has 158 valence electrons. The first-order valence-corrected chi connectivity index (χ1v) is 9.64. The van der Waals surface area contributed by atoms with E-state index in [1.165, 1.54) is 24.3 Å². The number of likely N-dealkylation sites (N-methyl/N-ethyl adjacent to an activating group) is 1. The zero-order valence-corrected chi connectivity index (χ0v) is 16.7. The Hall–Kier alpha value is -3.77. The molecule has 1 N–H and O–H groups in total. The van der Waals surface area contributed by atoms with E-state index >= 15 is 0 Å². The number of aromatic nitrogens is 2. The molecular formula is C22H19F2N5O2. The molecule has 0 spiro atoms. The minimum absolute atomic E-state index is 0.122. The van der Waals surface area contributed by atoms with Crippen molar-refractivity contribution in [2.75, 3.05) is 38.1 Å². The fourth-order valence-corrected chi connectivity index (χ4v) is 3.57. The number of benzene rings is 2. The summed E-state index contributed by atoms with van der Waals surface area (Å²) < 4.78 is 30.0. The fraction of sp³-hybridized carbons (Fsp3) is 0.227. The first kappa shape index (κ1) is 20.5. The van der Waals surface area contributed by atoms with E-state index < -0.39 is 17.6 Å². The van der Waals surface area contributed by atoms with Crippen LogP contribution >= 0.6 is 0 Å². The molecule has 7 nitrogen and oxygen atoms in total. The Labute approximate surface area is 177 Å². The molecule has 31 heavy (non-hydrogen) atoms. The van der Waals surface area contributed by atoms with Crippen LogP contribution in [-0.2, 0) is 0 Å². The smallest absolute Gasteiger partial charge is 0.354 e. The predicted molar refractivity (Wildman–Crippen MR) is 110 cm³/mol. The number of hydrogen-bond donors (Lipinski definition) is 1. The summed E-state index contributed by atoms with van der Waals surface area (Å²) in [6.07, 6.45) is 0. The lowest BCUT2D eigenvalue weighted by Crippen LogP contribution is -2.44. The van der Waals surface area contributed by atoms with Gasteiger partial charge in [-0.3, -0.25) is 0 Å². The van der Waals surface area contributed by atoms with Gasteiger partial charge in [-0.1, -0.05) is 6.07 Å². The molecule has 1 aromatic heterocycles. The van der Waals surface area contributed by atoms with Gasteiger partial charge in [-0.25, -0.2) is 18.3 Å². The van der Waals surface area contributed by atoms with Crippen LogP contribution in [0.25, 0.3) is 16.9 Å². The van der Waals surface area contributed by atoms with Gasteiger partial charge in [0.15, 0.2) is 5.69 Å². The van der Waals surface area contributed by atoms with Gasteiger partial charge in [0.1, 0.15) is 17.7 Å². The van der Waals surface area contributed by atoms with Crippen molar-refractivity contribution >= 4 is 11.7 Å². The maximum atomic E-state index is 14.9. The number of rotatable bonds is 4. The number of piperazine rings is 1. The second kappa shape index (κ2) is 8.16. The molecule has 0 bridgehead atoms. The highest BCUT2D eigenvalue weighted by Gasteiger charge is 2.21. The molecule has 0 atom stereocenters. The van der Waals surface area contributed by atoms with E-state index in [9.17, 15) is 18.7 Å². The molecule has 1 aliphatic heterocycles. The number of nitriles is 1. The van der Waals surface area contributed by atoms with Crippen molar-refractivity contribution < 1.29 is 18.7 Å². The first-order valence-electron chi connectivity index (χ1n) is 9.64. The largest absolute Gasteiger partial charge is 0.477 e. The minimum atomic E-state index is -1.25. The van der Waals surface area contributed by atoms with Crippen LogP contribution in [0.5, 0.6) is 0 Å². The number of anilines is 1. The summed E-state index contributed by atoms with van der Waals surface area (Å²) in [6, 6.07) is 11.4. The summed E-state index contributed by atoms with van der Waals surface area (Å²) in [4.78, 5) is 15.9. The number of hydrogen-bond acceptors (Lipinski definition) is 5. The van der Waals surface area contributed by atoms with E-state index in [1.54, 1.807) is 18.2 Å². The molecule has 2 aromatic carbocycles. The molecule has 0 aliphatic carbocycles. The highest BCUT2D eigenvalue weighted by atomic mass is 19.1. The van der Waals surface area contributed by atoms with E-state index in [4.69, 9.17) is 5.26 Å².